The molecule has 0 amide bonds. The number of aromatic hydroxyl groups is 1. The third-order valence-electron chi connectivity index (χ3n) is 9.51. The van der Waals surface area contributed by atoms with E-state index in [1.54, 1.807) is 46.9 Å². The van der Waals surface area contributed by atoms with E-state index in [2.05, 4.69) is 50.1 Å². The molecule has 6 aromatic rings. The summed E-state index contributed by atoms with van der Waals surface area (Å²) in [6.45, 7) is 0. The maximum Gasteiger partial charge on any atom is 0.225 e. The maximum absolute atomic E-state index is 14.8. The lowest BCUT2D eigenvalue weighted by Crippen LogP contribution is -2.20. The number of nitrogens with zero attached hydrogens (tertiary/aromatic N) is 1. The van der Waals surface area contributed by atoms with Crippen LogP contribution in [0, 0.1) is 17.0 Å². The average Bonchev–Trinajstić information content (AvgIpc) is 4.12. The van der Waals surface area contributed by atoms with Crippen molar-refractivity contribution in [3.8, 4) is 11.5 Å². The van der Waals surface area contributed by atoms with Gasteiger partial charge in [-0.15, -0.1) is 22.7 Å². The second kappa shape index (κ2) is 19.3. The first-order valence-electron chi connectivity index (χ1n) is 18.3. The van der Waals surface area contributed by atoms with Gasteiger partial charge in [0.1, 0.15) is 23.1 Å². The van der Waals surface area contributed by atoms with Crippen LogP contribution in [0.3, 0.4) is 0 Å². The van der Waals surface area contributed by atoms with Gasteiger partial charge < -0.3 is 15.3 Å². The van der Waals surface area contributed by atoms with E-state index in [1.807, 2.05) is 24.3 Å². The lowest BCUT2D eigenvalue weighted by atomic mass is 9.99. The Labute approximate surface area is 384 Å². The van der Waals surface area contributed by atoms with E-state index in [1.165, 1.54) is 47.6 Å². The monoisotopic (exact) mass is 1040 g/mol. The number of hydrogen-bond acceptors (Lipinski definition) is 7. The summed E-state index contributed by atoms with van der Waals surface area (Å²) < 4.78 is 36.4. The van der Waals surface area contributed by atoms with Crippen LogP contribution in [0.25, 0.3) is 0 Å². The Bertz CT molecular complexity index is 2570. The van der Waals surface area contributed by atoms with Crippen molar-refractivity contribution in [3.63, 3.8) is 0 Å². The fourth-order valence-corrected chi connectivity index (χ4v) is 10.0. The van der Waals surface area contributed by atoms with E-state index in [0.29, 0.717) is 44.4 Å². The molecule has 5 nitrogen and oxygen atoms in total. The molecule has 3 heterocycles. The first-order valence-corrected chi connectivity index (χ1v) is 23.0. The van der Waals surface area contributed by atoms with Crippen LogP contribution in [0.5, 0.6) is 11.5 Å². The zero-order valence-electron chi connectivity index (χ0n) is 30.7. The van der Waals surface area contributed by atoms with E-state index in [-0.39, 0.29) is 28.5 Å². The molecule has 3 aliphatic rings. The van der Waals surface area contributed by atoms with Crippen LogP contribution >= 0.6 is 101 Å². The first-order chi connectivity index (χ1) is 28.3. The molecule has 1 atom stereocenters. The highest BCUT2D eigenvalue weighted by molar-refractivity contribution is 9.10. The number of hydrogen-bond donors (Lipinski definition) is 2. The van der Waals surface area contributed by atoms with Gasteiger partial charge in [-0.2, -0.15) is 0 Å². The number of rotatable bonds is 9. The average molecular weight is 1040 g/mol. The molecule has 2 aromatic heterocycles. The SMILES string of the molecule is Fc1cc(Cl)cc2c1C(Cc1cc(Cl)ccc1Br)=NC(c1ccc(C3CC3)s1)O2.N=C(Cc1cc(Cl)ccc1Br)c1c(O)cc(Cl)cc1F.O=Cc1ccc(C2CC2)s1. The third kappa shape index (κ3) is 11.2. The molecular formula is C44H32Br2Cl4F2N2O3S2. The molecule has 4 aromatic carbocycles. The quantitative estimate of drug-likeness (QED) is 0.112. The van der Waals surface area contributed by atoms with E-state index in [0.717, 1.165) is 48.1 Å². The Kier molecular flexibility index (Phi) is 14.4. The molecule has 1 aliphatic heterocycles. The van der Waals surface area contributed by atoms with Crippen molar-refractivity contribution in [1.82, 2.24) is 0 Å². The van der Waals surface area contributed by atoms with Crippen LogP contribution < -0.4 is 4.74 Å². The second-order valence-corrected chi connectivity index (χ2v) is 19.8. The molecule has 0 spiro atoms. The molecule has 9 rings (SSSR count). The summed E-state index contributed by atoms with van der Waals surface area (Å²) in [5.74, 6) is 0.370. The lowest BCUT2D eigenvalue weighted by molar-refractivity contribution is 0.112. The summed E-state index contributed by atoms with van der Waals surface area (Å²) in [7, 11) is 0. The van der Waals surface area contributed by atoms with Crippen LogP contribution in [0.1, 0.15) is 90.3 Å². The van der Waals surface area contributed by atoms with Crippen LogP contribution in [0.2, 0.25) is 20.1 Å². The number of nitrogens with one attached hydrogen (secondary N) is 1. The Hall–Kier alpha value is -3.13. The summed E-state index contributed by atoms with van der Waals surface area (Å²) in [4.78, 5) is 19.7. The van der Waals surface area contributed by atoms with Crippen molar-refractivity contribution in [2.75, 3.05) is 0 Å². The lowest BCUT2D eigenvalue weighted by Gasteiger charge is -2.25. The predicted octanol–water partition coefficient (Wildman–Crippen LogP) is 15.6. The Morgan fingerprint density at radius 1 is 0.763 bits per heavy atom. The molecule has 2 N–H and O–H groups in total. The number of benzene rings is 4. The Balaban J connectivity index is 0.000000151. The van der Waals surface area contributed by atoms with E-state index in [9.17, 15) is 18.7 Å². The van der Waals surface area contributed by atoms with Crippen LogP contribution in [0.4, 0.5) is 8.78 Å². The smallest absolute Gasteiger partial charge is 0.225 e. The highest BCUT2D eigenvalue weighted by Crippen LogP contribution is 2.46. The number of phenols is 1. The highest BCUT2D eigenvalue weighted by Gasteiger charge is 2.31. The van der Waals surface area contributed by atoms with E-state index < -0.39 is 17.9 Å². The molecule has 304 valence electrons. The minimum Gasteiger partial charge on any atom is -0.507 e. The molecule has 2 saturated carbocycles. The topological polar surface area (TPSA) is 82.7 Å². The van der Waals surface area contributed by atoms with E-state index in [4.69, 9.17) is 61.5 Å². The number of carbonyl (C=O) groups is 1. The van der Waals surface area contributed by atoms with Gasteiger partial charge in [-0.25, -0.2) is 13.8 Å². The summed E-state index contributed by atoms with van der Waals surface area (Å²) >= 11 is 34.1. The Morgan fingerprint density at radius 3 is 1.97 bits per heavy atom. The molecule has 2 fully saturated rings. The van der Waals surface area contributed by atoms with Crippen molar-refractivity contribution in [3.05, 3.63) is 167 Å². The van der Waals surface area contributed by atoms with E-state index >= 15 is 0 Å². The number of halogens is 8. The third-order valence-corrected chi connectivity index (χ3v) is 14.4. The molecule has 15 heteroatoms. The summed E-state index contributed by atoms with van der Waals surface area (Å²) in [5.41, 5.74) is 2.44. The normalized spacial score (nSPS) is 15.5. The minimum atomic E-state index is -0.724. The molecule has 0 radical (unpaired) electrons. The van der Waals surface area contributed by atoms with Crippen LogP contribution in [0.15, 0.2) is 98.9 Å². The van der Waals surface area contributed by atoms with Crippen molar-refractivity contribution in [1.29, 1.82) is 5.41 Å². The number of fused-ring (bicyclic) bond motifs is 1. The van der Waals surface area contributed by atoms with Crippen LogP contribution in [-0.4, -0.2) is 22.8 Å². The van der Waals surface area contributed by atoms with Crippen molar-refractivity contribution >= 4 is 119 Å². The zero-order valence-corrected chi connectivity index (χ0v) is 38.5. The number of thiophene rings is 2. The predicted molar refractivity (Wildman–Crippen MR) is 245 cm³/mol. The van der Waals surface area contributed by atoms with Crippen molar-refractivity contribution in [2.45, 2.75) is 56.6 Å². The number of aldehydes is 1. The molecule has 1 unspecified atom stereocenters. The molecule has 59 heavy (non-hydrogen) atoms. The minimum absolute atomic E-state index is 0.0559. The van der Waals surface area contributed by atoms with Gasteiger partial charge in [-0.05, 0) is 134 Å². The molecule has 0 saturated heterocycles. The highest BCUT2D eigenvalue weighted by atomic mass is 79.9. The molecular weight excluding hydrogens is 1010 g/mol. The van der Waals surface area contributed by atoms with Crippen molar-refractivity contribution in [2.24, 2.45) is 4.99 Å². The Morgan fingerprint density at radius 2 is 1.34 bits per heavy atom. The fraction of sp³-hybridized carbons (Fsp3) is 0.205. The van der Waals surface area contributed by atoms with Gasteiger partial charge >= 0.3 is 0 Å². The fourth-order valence-electron chi connectivity index (χ4n) is 6.31. The summed E-state index contributed by atoms with van der Waals surface area (Å²) in [5, 5.41) is 19.3. The van der Waals surface area contributed by atoms with Gasteiger partial charge in [0.05, 0.1) is 26.6 Å². The largest absolute Gasteiger partial charge is 0.507 e. The summed E-state index contributed by atoms with van der Waals surface area (Å²) in [6.07, 6.45) is 6.10. The zero-order chi connectivity index (χ0) is 42.0. The molecule has 0 bridgehead atoms. The standard InChI is InChI=1S/C22H15BrCl2FNOS.C14H9BrCl2FNO.C8H8OS/c23-15-4-3-13(24)7-12(15)8-17-21-16(26)9-14(25)10-18(21)28-22(27-17)20-6-5-19(29-20)11-1-2-11;15-10-2-1-8(16)3-7(10)4-12(19)14-11(18)5-9(17)6-13(14)20;9-5-7-3-4-8(10-7)6-1-2-6/h3-7,9-11,22H,1-2,8H2;1-3,5-6,19-20H,4H2;3-6H,1-2H2. The number of carbonyl (C=O) groups excluding carboxylic acids is 1. The number of aliphatic imine (C=N–C) groups is 1. The maximum atomic E-state index is 14.8. The first kappa shape index (κ1) is 43.9. The van der Waals surface area contributed by atoms with Gasteiger partial charge in [0.25, 0.3) is 0 Å². The van der Waals surface area contributed by atoms with Crippen molar-refractivity contribution < 1.29 is 23.4 Å². The van der Waals surface area contributed by atoms with Gasteiger partial charge in [-0.1, -0.05) is 78.3 Å². The molecule has 2 aliphatic carbocycles. The van der Waals surface area contributed by atoms with Gasteiger partial charge in [0.2, 0.25) is 6.23 Å². The van der Waals surface area contributed by atoms with Gasteiger partial charge in [-0.3, -0.25) is 4.79 Å². The second-order valence-electron chi connectivity index (χ2n) is 14.0. The number of ether oxygens (including phenoxy) is 1. The van der Waals surface area contributed by atoms with Gasteiger partial charge in [0, 0.05) is 57.3 Å². The summed E-state index contributed by atoms with van der Waals surface area (Å²) in [6, 6.07) is 24.1. The van der Waals surface area contributed by atoms with Crippen LogP contribution in [-0.2, 0) is 12.8 Å². The number of phenolic OH excluding ortho intramolecular Hbond substituents is 1. The van der Waals surface area contributed by atoms with Gasteiger partial charge in [0.15, 0.2) is 6.29 Å².